The number of nitrogens with two attached hydrogens (primary N) is 1. The van der Waals surface area contributed by atoms with Crippen LogP contribution in [0.5, 0.6) is 11.5 Å². The SMILES string of the molecule is CC1=C(C(=O)OC2CCCC2)C(c2cccc(C(N)O)c2)C2=C(CC(c3ccc4c(c3)OCO4)CC2=O)N1. The van der Waals surface area contributed by atoms with Crippen molar-refractivity contribution in [3.63, 3.8) is 0 Å². The zero-order chi connectivity index (χ0) is 26.4. The number of benzene rings is 2. The van der Waals surface area contributed by atoms with E-state index in [-0.39, 0.29) is 24.6 Å². The van der Waals surface area contributed by atoms with E-state index in [4.69, 9.17) is 19.9 Å². The van der Waals surface area contributed by atoms with Gasteiger partial charge in [-0.2, -0.15) is 0 Å². The number of hydrogen-bond donors (Lipinski definition) is 3. The summed E-state index contributed by atoms with van der Waals surface area (Å²) >= 11 is 0. The summed E-state index contributed by atoms with van der Waals surface area (Å²) in [4.78, 5) is 27.5. The number of rotatable bonds is 5. The summed E-state index contributed by atoms with van der Waals surface area (Å²) in [7, 11) is 0. The fourth-order valence-electron chi connectivity index (χ4n) is 6.19. The van der Waals surface area contributed by atoms with Crippen LogP contribution in [0.4, 0.5) is 0 Å². The van der Waals surface area contributed by atoms with Crippen molar-refractivity contribution in [1.29, 1.82) is 0 Å². The van der Waals surface area contributed by atoms with E-state index in [1.165, 1.54) is 0 Å². The fraction of sp³-hybridized carbons (Fsp3) is 0.400. The molecule has 8 heteroatoms. The number of Topliss-reactive ketones (excluding diaryl/α,β-unsaturated/α-hetero) is 1. The molecule has 3 unspecified atom stereocenters. The van der Waals surface area contributed by atoms with Gasteiger partial charge in [0.1, 0.15) is 12.3 Å². The van der Waals surface area contributed by atoms with Gasteiger partial charge in [-0.3, -0.25) is 4.79 Å². The average molecular weight is 517 g/mol. The van der Waals surface area contributed by atoms with E-state index in [2.05, 4.69) is 5.32 Å². The number of hydrogen-bond acceptors (Lipinski definition) is 8. The van der Waals surface area contributed by atoms with Gasteiger partial charge >= 0.3 is 5.97 Å². The third-order valence-corrected chi connectivity index (χ3v) is 8.08. The first kappa shape index (κ1) is 24.7. The molecule has 0 spiro atoms. The molecule has 6 rings (SSSR count). The lowest BCUT2D eigenvalue weighted by atomic mass is 9.71. The monoisotopic (exact) mass is 516 g/mol. The molecule has 8 nitrogen and oxygen atoms in total. The van der Waals surface area contributed by atoms with Crippen LogP contribution in [0, 0.1) is 0 Å². The normalized spacial score (nSPS) is 23.8. The quantitative estimate of drug-likeness (QED) is 0.399. The van der Waals surface area contributed by atoms with Gasteiger partial charge in [0, 0.05) is 29.3 Å². The van der Waals surface area contributed by atoms with Crippen LogP contribution in [0.3, 0.4) is 0 Å². The molecular weight excluding hydrogens is 484 g/mol. The number of aliphatic hydroxyl groups is 1. The van der Waals surface area contributed by atoms with E-state index in [1.54, 1.807) is 18.2 Å². The third-order valence-electron chi connectivity index (χ3n) is 8.08. The minimum absolute atomic E-state index is 0.0243. The van der Waals surface area contributed by atoms with Gasteiger partial charge in [0.05, 0.1) is 5.57 Å². The van der Waals surface area contributed by atoms with Crippen LogP contribution >= 0.6 is 0 Å². The molecule has 1 fully saturated rings. The molecule has 198 valence electrons. The van der Waals surface area contributed by atoms with Gasteiger partial charge in [0.15, 0.2) is 17.3 Å². The molecule has 4 N–H and O–H groups in total. The number of ether oxygens (including phenoxy) is 3. The number of carbonyl (C=O) groups excluding carboxylic acids is 2. The standard InChI is InChI=1S/C30H32N2O6/c1-16-26(30(35)38-21-7-2-3-8-21)27(18-5-4-6-19(11-18)29(31)34)28-22(32-16)12-20(13-23(28)33)17-9-10-24-25(14-17)37-15-36-24/h4-6,9-11,14,20-21,27,29,32,34H,2-3,7-8,12-13,15,31H2,1H3. The Bertz CT molecular complexity index is 1350. The second kappa shape index (κ2) is 9.93. The van der Waals surface area contributed by atoms with Crippen LogP contribution in [0.15, 0.2) is 65.0 Å². The van der Waals surface area contributed by atoms with E-state index in [9.17, 15) is 14.7 Å². The molecule has 0 bridgehead atoms. The van der Waals surface area contributed by atoms with Gasteiger partial charge in [-0.1, -0.05) is 30.3 Å². The lowest BCUT2D eigenvalue weighted by Crippen LogP contribution is -2.36. The van der Waals surface area contributed by atoms with Crippen LogP contribution in [0.1, 0.15) is 80.2 Å². The molecule has 0 aromatic heterocycles. The summed E-state index contributed by atoms with van der Waals surface area (Å²) in [5.74, 6) is 0.323. The number of esters is 1. The fourth-order valence-corrected chi connectivity index (χ4v) is 6.19. The second-order valence-corrected chi connectivity index (χ2v) is 10.6. The molecule has 3 atom stereocenters. The molecule has 0 saturated heterocycles. The topological polar surface area (TPSA) is 120 Å². The molecular formula is C30H32N2O6. The Morgan fingerprint density at radius 1 is 1.08 bits per heavy atom. The van der Waals surface area contributed by atoms with Crippen molar-refractivity contribution in [3.05, 3.63) is 81.7 Å². The molecule has 4 aliphatic rings. The van der Waals surface area contributed by atoms with Crippen molar-refractivity contribution in [1.82, 2.24) is 5.32 Å². The lowest BCUT2D eigenvalue weighted by Gasteiger charge is -2.37. The van der Waals surface area contributed by atoms with Crippen molar-refractivity contribution >= 4 is 11.8 Å². The molecule has 2 aromatic rings. The van der Waals surface area contributed by atoms with Gasteiger partial charge in [-0.25, -0.2) is 4.79 Å². The summed E-state index contributed by atoms with van der Waals surface area (Å²) in [6.07, 6.45) is 3.45. The highest BCUT2D eigenvalue weighted by Gasteiger charge is 2.42. The minimum Gasteiger partial charge on any atom is -0.459 e. The number of allylic oxidation sites excluding steroid dienone is 3. The lowest BCUT2D eigenvalue weighted by molar-refractivity contribution is -0.144. The van der Waals surface area contributed by atoms with Crippen LogP contribution in [0.2, 0.25) is 0 Å². The largest absolute Gasteiger partial charge is 0.459 e. The van der Waals surface area contributed by atoms with Crippen molar-refractivity contribution in [2.75, 3.05) is 6.79 Å². The Labute approximate surface area is 221 Å². The molecule has 0 amide bonds. The zero-order valence-corrected chi connectivity index (χ0v) is 21.4. The summed E-state index contributed by atoms with van der Waals surface area (Å²) in [6.45, 7) is 2.06. The predicted octanol–water partition coefficient (Wildman–Crippen LogP) is 4.21. The van der Waals surface area contributed by atoms with Crippen LogP contribution < -0.4 is 20.5 Å². The van der Waals surface area contributed by atoms with E-state index in [1.807, 2.05) is 31.2 Å². The highest BCUT2D eigenvalue weighted by Crippen LogP contribution is 2.47. The van der Waals surface area contributed by atoms with E-state index < -0.39 is 18.1 Å². The number of aliphatic hydroxyl groups excluding tert-OH is 1. The Kier molecular flexibility index (Phi) is 6.45. The van der Waals surface area contributed by atoms with E-state index >= 15 is 0 Å². The first-order valence-electron chi connectivity index (χ1n) is 13.3. The summed E-state index contributed by atoms with van der Waals surface area (Å²) in [5, 5.41) is 13.4. The zero-order valence-electron chi connectivity index (χ0n) is 21.4. The maximum absolute atomic E-state index is 13.9. The van der Waals surface area contributed by atoms with Gasteiger partial charge in [0.25, 0.3) is 0 Å². The predicted molar refractivity (Wildman–Crippen MR) is 139 cm³/mol. The smallest absolute Gasteiger partial charge is 0.337 e. The molecule has 2 aliphatic carbocycles. The van der Waals surface area contributed by atoms with Gasteiger partial charge < -0.3 is 30.4 Å². The number of ketones is 1. The Morgan fingerprint density at radius 3 is 2.66 bits per heavy atom. The molecule has 2 aromatic carbocycles. The number of dihydropyridines is 1. The second-order valence-electron chi connectivity index (χ2n) is 10.6. The first-order valence-corrected chi connectivity index (χ1v) is 13.3. The van der Waals surface area contributed by atoms with Crippen molar-refractivity contribution in [2.45, 2.75) is 69.6 Å². The summed E-state index contributed by atoms with van der Waals surface area (Å²) < 4.78 is 16.9. The molecule has 0 radical (unpaired) electrons. The van der Waals surface area contributed by atoms with Crippen LogP contribution in [-0.2, 0) is 14.3 Å². The number of fused-ring (bicyclic) bond motifs is 1. The highest BCUT2D eigenvalue weighted by molar-refractivity contribution is 6.04. The minimum atomic E-state index is -1.17. The molecule has 2 aliphatic heterocycles. The van der Waals surface area contributed by atoms with Crippen molar-refractivity contribution in [2.24, 2.45) is 5.73 Å². The van der Waals surface area contributed by atoms with Crippen molar-refractivity contribution in [3.8, 4) is 11.5 Å². The van der Waals surface area contributed by atoms with Gasteiger partial charge in [-0.15, -0.1) is 0 Å². The van der Waals surface area contributed by atoms with Crippen LogP contribution in [-0.4, -0.2) is 29.8 Å². The third kappa shape index (κ3) is 4.48. The summed E-state index contributed by atoms with van der Waals surface area (Å²) in [6, 6.07) is 13.0. The summed E-state index contributed by atoms with van der Waals surface area (Å²) in [5.41, 5.74) is 10.5. The molecule has 1 saturated carbocycles. The van der Waals surface area contributed by atoms with E-state index in [0.717, 1.165) is 42.5 Å². The van der Waals surface area contributed by atoms with Gasteiger partial charge in [-0.05, 0) is 73.8 Å². The average Bonchev–Trinajstić information content (AvgIpc) is 3.59. The Morgan fingerprint density at radius 2 is 1.87 bits per heavy atom. The Balaban J connectivity index is 1.39. The number of carbonyl (C=O) groups is 2. The van der Waals surface area contributed by atoms with Crippen LogP contribution in [0.25, 0.3) is 0 Å². The number of nitrogens with one attached hydrogen (secondary N) is 1. The molecule has 2 heterocycles. The first-order chi connectivity index (χ1) is 18.4. The van der Waals surface area contributed by atoms with Gasteiger partial charge in [0.2, 0.25) is 6.79 Å². The Hall–Kier alpha value is -3.62. The maximum Gasteiger partial charge on any atom is 0.337 e. The van der Waals surface area contributed by atoms with Crippen molar-refractivity contribution < 1.29 is 28.9 Å². The maximum atomic E-state index is 13.9. The van der Waals surface area contributed by atoms with E-state index in [0.29, 0.717) is 46.7 Å². The molecule has 38 heavy (non-hydrogen) atoms. The highest BCUT2D eigenvalue weighted by atomic mass is 16.7.